The molecular formula is C27H31F5. The molecule has 0 aliphatic heterocycles. The molecule has 0 saturated heterocycles. The molecular weight excluding hydrogens is 419 g/mol. The molecule has 5 heteroatoms. The summed E-state index contributed by atoms with van der Waals surface area (Å²) < 4.78 is 71.4. The maximum absolute atomic E-state index is 15.1. The van der Waals surface area contributed by atoms with E-state index in [1.807, 2.05) is 0 Å². The molecule has 1 fully saturated rings. The number of hydrogen-bond acceptors (Lipinski definition) is 0. The Morgan fingerprint density at radius 2 is 1.44 bits per heavy atom. The third kappa shape index (κ3) is 4.72. The Labute approximate surface area is 187 Å². The van der Waals surface area contributed by atoms with Crippen LogP contribution in [0.1, 0.15) is 98.8 Å². The van der Waals surface area contributed by atoms with Crippen LogP contribution >= 0.6 is 0 Å². The van der Waals surface area contributed by atoms with Crippen LogP contribution < -0.4 is 0 Å². The number of fused-ring (bicyclic) bond motifs is 1. The highest BCUT2D eigenvalue weighted by Crippen LogP contribution is 2.41. The van der Waals surface area contributed by atoms with Crippen LogP contribution in [0, 0.1) is 35.0 Å². The van der Waals surface area contributed by atoms with Crippen molar-refractivity contribution in [2.75, 3.05) is 0 Å². The Bertz CT molecular complexity index is 936. The second kappa shape index (κ2) is 9.93. The summed E-state index contributed by atoms with van der Waals surface area (Å²) in [6.07, 6.45) is 9.62. The molecule has 2 aliphatic carbocycles. The van der Waals surface area contributed by atoms with Crippen molar-refractivity contribution in [3.63, 3.8) is 0 Å². The van der Waals surface area contributed by atoms with E-state index in [1.54, 1.807) is 0 Å². The van der Waals surface area contributed by atoms with Crippen LogP contribution in [0.4, 0.5) is 22.0 Å². The molecule has 0 bridgehead atoms. The van der Waals surface area contributed by atoms with Gasteiger partial charge in [-0.1, -0.05) is 32.6 Å². The molecule has 4 rings (SSSR count). The van der Waals surface area contributed by atoms with E-state index in [0.717, 1.165) is 37.7 Å². The summed E-state index contributed by atoms with van der Waals surface area (Å²) in [7, 11) is 0. The summed E-state index contributed by atoms with van der Waals surface area (Å²) >= 11 is 0. The van der Waals surface area contributed by atoms with Gasteiger partial charge in [0.25, 0.3) is 0 Å². The summed E-state index contributed by atoms with van der Waals surface area (Å²) in [6, 6.07) is 3.88. The number of rotatable bonds is 6. The first-order chi connectivity index (χ1) is 15.4. The number of halogens is 5. The molecule has 0 aromatic heterocycles. The van der Waals surface area contributed by atoms with Crippen LogP contribution in [-0.2, 0) is 12.8 Å². The van der Waals surface area contributed by atoms with Gasteiger partial charge in [0.2, 0.25) is 0 Å². The van der Waals surface area contributed by atoms with Crippen molar-refractivity contribution in [3.05, 3.63) is 69.5 Å². The van der Waals surface area contributed by atoms with Crippen molar-refractivity contribution in [3.8, 4) is 0 Å². The van der Waals surface area contributed by atoms with E-state index < -0.39 is 35.0 Å². The number of benzene rings is 2. The SMILES string of the molecule is CCCCCC1CCC(c2cc(F)c(C3CCc4c(cc(F)c(F)c4F)C3)c(F)c2)CC1. The summed E-state index contributed by atoms with van der Waals surface area (Å²) in [5.74, 6) is -4.71. The summed E-state index contributed by atoms with van der Waals surface area (Å²) in [5.41, 5.74) is 1.11. The van der Waals surface area contributed by atoms with Crippen molar-refractivity contribution in [1.29, 1.82) is 0 Å². The van der Waals surface area contributed by atoms with E-state index in [9.17, 15) is 13.2 Å². The summed E-state index contributed by atoms with van der Waals surface area (Å²) in [5, 5.41) is 0. The molecule has 2 aliphatic rings. The zero-order chi connectivity index (χ0) is 22.8. The predicted octanol–water partition coefficient (Wildman–Crippen LogP) is 8.51. The highest BCUT2D eigenvalue weighted by Gasteiger charge is 2.31. The Hall–Kier alpha value is -1.91. The quantitative estimate of drug-likeness (QED) is 0.235. The smallest absolute Gasteiger partial charge is 0.194 e. The topological polar surface area (TPSA) is 0 Å². The first kappa shape index (κ1) is 23.3. The average molecular weight is 451 g/mol. The fraction of sp³-hybridized carbons (Fsp3) is 0.556. The molecule has 0 amide bonds. The lowest BCUT2D eigenvalue weighted by atomic mass is 9.75. The van der Waals surface area contributed by atoms with Gasteiger partial charge >= 0.3 is 0 Å². The van der Waals surface area contributed by atoms with Gasteiger partial charge in [-0.05, 0) is 97.6 Å². The van der Waals surface area contributed by atoms with Gasteiger partial charge in [-0.2, -0.15) is 0 Å². The van der Waals surface area contributed by atoms with Crippen molar-refractivity contribution in [1.82, 2.24) is 0 Å². The molecule has 32 heavy (non-hydrogen) atoms. The van der Waals surface area contributed by atoms with E-state index in [2.05, 4.69) is 6.92 Å². The second-order valence-corrected chi connectivity index (χ2v) is 9.68. The van der Waals surface area contributed by atoms with Gasteiger partial charge in [-0.25, -0.2) is 22.0 Å². The molecule has 1 saturated carbocycles. The molecule has 0 radical (unpaired) electrons. The number of hydrogen-bond donors (Lipinski definition) is 0. The van der Waals surface area contributed by atoms with Crippen molar-refractivity contribution >= 4 is 0 Å². The first-order valence-corrected chi connectivity index (χ1v) is 12.0. The maximum Gasteiger partial charge on any atom is 0.194 e. The van der Waals surface area contributed by atoms with Crippen LogP contribution in [0.25, 0.3) is 0 Å². The van der Waals surface area contributed by atoms with Gasteiger partial charge in [0.05, 0.1) is 0 Å². The molecule has 0 heterocycles. The Kier molecular flexibility index (Phi) is 7.21. The minimum absolute atomic E-state index is 0.0159. The van der Waals surface area contributed by atoms with E-state index in [0.29, 0.717) is 17.5 Å². The number of unbranched alkanes of at least 4 members (excludes halogenated alkanes) is 2. The molecule has 174 valence electrons. The van der Waals surface area contributed by atoms with E-state index in [1.165, 1.54) is 37.8 Å². The van der Waals surface area contributed by atoms with Gasteiger partial charge in [0.1, 0.15) is 11.6 Å². The average Bonchev–Trinajstić information content (AvgIpc) is 2.77. The second-order valence-electron chi connectivity index (χ2n) is 9.68. The van der Waals surface area contributed by atoms with Crippen LogP contribution in [0.2, 0.25) is 0 Å². The van der Waals surface area contributed by atoms with E-state index in [-0.39, 0.29) is 29.9 Å². The lowest BCUT2D eigenvalue weighted by Crippen LogP contribution is -2.19. The van der Waals surface area contributed by atoms with Gasteiger partial charge in [-0.3, -0.25) is 0 Å². The molecule has 0 spiro atoms. The van der Waals surface area contributed by atoms with Crippen LogP contribution in [0.5, 0.6) is 0 Å². The van der Waals surface area contributed by atoms with Crippen molar-refractivity contribution in [2.24, 2.45) is 5.92 Å². The van der Waals surface area contributed by atoms with Gasteiger partial charge in [-0.15, -0.1) is 0 Å². The van der Waals surface area contributed by atoms with Crippen LogP contribution in [0.15, 0.2) is 18.2 Å². The third-order valence-corrected chi connectivity index (χ3v) is 7.61. The normalized spacial score (nSPS) is 23.2. The zero-order valence-corrected chi connectivity index (χ0v) is 18.6. The first-order valence-electron chi connectivity index (χ1n) is 12.0. The highest BCUT2D eigenvalue weighted by molar-refractivity contribution is 5.38. The fourth-order valence-corrected chi connectivity index (χ4v) is 5.76. The van der Waals surface area contributed by atoms with Crippen molar-refractivity contribution in [2.45, 2.75) is 89.4 Å². The Morgan fingerprint density at radius 1 is 0.750 bits per heavy atom. The molecule has 0 nitrogen and oxygen atoms in total. The summed E-state index contributed by atoms with van der Waals surface area (Å²) in [6.45, 7) is 2.20. The van der Waals surface area contributed by atoms with Crippen LogP contribution in [-0.4, -0.2) is 0 Å². The molecule has 1 atom stereocenters. The lowest BCUT2D eigenvalue weighted by Gasteiger charge is -2.30. The van der Waals surface area contributed by atoms with E-state index >= 15 is 8.78 Å². The third-order valence-electron chi connectivity index (χ3n) is 7.61. The minimum Gasteiger partial charge on any atom is -0.207 e. The van der Waals surface area contributed by atoms with E-state index in [4.69, 9.17) is 0 Å². The lowest BCUT2D eigenvalue weighted by molar-refractivity contribution is 0.302. The molecule has 2 aromatic rings. The molecule has 2 aromatic carbocycles. The minimum atomic E-state index is -1.48. The maximum atomic E-state index is 15.1. The van der Waals surface area contributed by atoms with Gasteiger partial charge < -0.3 is 0 Å². The van der Waals surface area contributed by atoms with Gasteiger partial charge in [0, 0.05) is 5.56 Å². The zero-order valence-electron chi connectivity index (χ0n) is 18.6. The Morgan fingerprint density at radius 3 is 2.09 bits per heavy atom. The van der Waals surface area contributed by atoms with Gasteiger partial charge in [0.15, 0.2) is 17.5 Å². The largest absolute Gasteiger partial charge is 0.207 e. The monoisotopic (exact) mass is 450 g/mol. The van der Waals surface area contributed by atoms with Crippen LogP contribution in [0.3, 0.4) is 0 Å². The summed E-state index contributed by atoms with van der Waals surface area (Å²) in [4.78, 5) is 0. The molecule has 1 unspecified atom stereocenters. The highest BCUT2D eigenvalue weighted by atomic mass is 19.2. The fourth-order valence-electron chi connectivity index (χ4n) is 5.76. The molecule has 0 N–H and O–H groups in total. The Balaban J connectivity index is 1.47. The standard InChI is InChI=1S/C27H31F5/c1-2-3-4-5-16-6-8-17(9-7-16)19-13-22(28)25(23(29)14-19)18-10-11-21-20(12-18)15-24(30)27(32)26(21)31/h13-18H,2-12H2,1H3. The van der Waals surface area contributed by atoms with Crippen molar-refractivity contribution < 1.29 is 22.0 Å². The predicted molar refractivity (Wildman–Crippen MR) is 116 cm³/mol.